The van der Waals surface area contributed by atoms with Gasteiger partial charge in [0.15, 0.2) is 0 Å². The van der Waals surface area contributed by atoms with Crippen molar-refractivity contribution in [3.8, 4) is 17.0 Å². The number of fused-ring (bicyclic) bond motifs is 1. The van der Waals surface area contributed by atoms with E-state index in [0.29, 0.717) is 0 Å². The fourth-order valence-corrected chi connectivity index (χ4v) is 5.06. The Balaban J connectivity index is 1.36. The summed E-state index contributed by atoms with van der Waals surface area (Å²) >= 11 is 0. The monoisotopic (exact) mass is 469 g/mol. The predicted octanol–water partition coefficient (Wildman–Crippen LogP) is 6.78. The van der Waals surface area contributed by atoms with Crippen molar-refractivity contribution in [2.45, 2.75) is 38.6 Å². The summed E-state index contributed by atoms with van der Waals surface area (Å²) in [6.07, 6.45) is 6.50. The zero-order valence-corrected chi connectivity index (χ0v) is 20.7. The van der Waals surface area contributed by atoms with Crippen molar-refractivity contribution in [3.05, 3.63) is 78.4 Å². The highest BCUT2D eigenvalue weighted by Gasteiger charge is 2.17. The van der Waals surface area contributed by atoms with Crippen LogP contribution in [0.4, 0.5) is 5.88 Å². The first-order valence-corrected chi connectivity index (χ1v) is 12.9. The van der Waals surface area contributed by atoms with Gasteiger partial charge in [-0.25, -0.2) is 0 Å². The molecule has 0 spiro atoms. The minimum atomic E-state index is 0.790. The first-order chi connectivity index (χ1) is 17.3. The van der Waals surface area contributed by atoms with Crippen molar-refractivity contribution in [2.24, 2.45) is 0 Å². The molecular formula is C30H35N3O2. The Morgan fingerprint density at radius 1 is 0.914 bits per heavy atom. The number of rotatable bonds is 9. The smallest absolute Gasteiger partial charge is 0.228 e. The molecule has 5 rings (SSSR count). The van der Waals surface area contributed by atoms with Crippen molar-refractivity contribution < 1.29 is 9.26 Å². The zero-order chi connectivity index (χ0) is 23.9. The van der Waals surface area contributed by atoms with E-state index in [1.807, 2.05) is 24.3 Å². The Bertz CT molecular complexity index is 1200. The van der Waals surface area contributed by atoms with E-state index in [2.05, 4.69) is 63.5 Å². The normalized spacial score (nSPS) is 14.7. The molecule has 1 saturated heterocycles. The van der Waals surface area contributed by atoms with E-state index in [4.69, 9.17) is 9.26 Å². The molecule has 0 N–H and O–H groups in total. The molecule has 0 bridgehead atoms. The SMILES string of the molecule is COc1ccc(-c2cc(N(CCCN3CCCCCC3)Cc3cccc4ccccc34)on2)cc1. The first kappa shape index (κ1) is 23.4. The average molecular weight is 470 g/mol. The van der Waals surface area contributed by atoms with Crippen LogP contribution < -0.4 is 9.64 Å². The van der Waals surface area contributed by atoms with Gasteiger partial charge in [0.1, 0.15) is 11.4 Å². The van der Waals surface area contributed by atoms with Crippen molar-refractivity contribution in [2.75, 3.05) is 38.2 Å². The van der Waals surface area contributed by atoms with Crippen molar-refractivity contribution in [1.29, 1.82) is 0 Å². The van der Waals surface area contributed by atoms with Gasteiger partial charge in [0.05, 0.1) is 7.11 Å². The van der Waals surface area contributed by atoms with Crippen LogP contribution in [-0.4, -0.2) is 43.3 Å². The van der Waals surface area contributed by atoms with E-state index in [1.54, 1.807) is 7.11 Å². The van der Waals surface area contributed by atoms with Crippen LogP contribution in [-0.2, 0) is 6.54 Å². The second-order valence-electron chi connectivity index (χ2n) is 9.45. The number of methoxy groups -OCH3 is 1. The highest BCUT2D eigenvalue weighted by atomic mass is 16.5. The van der Waals surface area contributed by atoms with Gasteiger partial charge in [-0.1, -0.05) is 60.5 Å². The third kappa shape index (κ3) is 5.85. The van der Waals surface area contributed by atoms with Gasteiger partial charge < -0.3 is 19.1 Å². The van der Waals surface area contributed by atoms with Crippen LogP contribution in [0.1, 0.15) is 37.7 Å². The molecule has 0 aliphatic carbocycles. The van der Waals surface area contributed by atoms with Gasteiger partial charge >= 0.3 is 0 Å². The van der Waals surface area contributed by atoms with Crippen LogP contribution in [0, 0.1) is 0 Å². The maximum Gasteiger partial charge on any atom is 0.228 e. The first-order valence-electron chi connectivity index (χ1n) is 12.9. The Labute approximate surface area is 208 Å². The van der Waals surface area contributed by atoms with Crippen LogP contribution in [0.3, 0.4) is 0 Å². The van der Waals surface area contributed by atoms with Crippen LogP contribution in [0.5, 0.6) is 5.75 Å². The standard InChI is InChI=1S/C30H35N3O2/c1-34-27-16-14-25(15-17-27)29-22-30(35-31-29)33(21-9-20-32-18-6-2-3-7-19-32)23-26-12-8-11-24-10-4-5-13-28(24)26/h4-5,8,10-17,22H,2-3,6-7,9,18-21,23H2,1H3. The summed E-state index contributed by atoms with van der Waals surface area (Å²) in [6, 6.07) is 25.2. The molecule has 0 radical (unpaired) electrons. The van der Waals surface area contributed by atoms with E-state index < -0.39 is 0 Å². The molecule has 5 nitrogen and oxygen atoms in total. The van der Waals surface area contributed by atoms with Crippen LogP contribution in [0.2, 0.25) is 0 Å². The maximum atomic E-state index is 5.92. The van der Waals surface area contributed by atoms with E-state index >= 15 is 0 Å². The maximum absolute atomic E-state index is 5.92. The summed E-state index contributed by atoms with van der Waals surface area (Å²) in [7, 11) is 1.68. The second kappa shape index (κ2) is 11.4. The topological polar surface area (TPSA) is 41.7 Å². The number of ether oxygens (including phenoxy) is 1. The van der Waals surface area contributed by atoms with Crippen LogP contribution in [0.15, 0.2) is 77.3 Å². The average Bonchev–Trinajstić information content (AvgIpc) is 3.25. The minimum absolute atomic E-state index is 0.790. The molecule has 1 aliphatic heterocycles. The van der Waals surface area contributed by atoms with E-state index in [9.17, 15) is 0 Å². The summed E-state index contributed by atoms with van der Waals surface area (Å²) in [6.45, 7) is 5.31. The lowest BCUT2D eigenvalue weighted by atomic mass is 10.0. The van der Waals surface area contributed by atoms with Gasteiger partial charge in [0.2, 0.25) is 5.88 Å². The van der Waals surface area contributed by atoms with Gasteiger partial charge in [-0.2, -0.15) is 0 Å². The van der Waals surface area contributed by atoms with Gasteiger partial charge in [0.25, 0.3) is 0 Å². The molecule has 4 aromatic rings. The molecule has 0 atom stereocenters. The Hall–Kier alpha value is -3.31. The second-order valence-corrected chi connectivity index (χ2v) is 9.45. The molecular weight excluding hydrogens is 434 g/mol. The van der Waals surface area contributed by atoms with Crippen LogP contribution in [0.25, 0.3) is 22.0 Å². The van der Waals surface area contributed by atoms with Gasteiger partial charge in [-0.05, 0) is 79.5 Å². The fraction of sp³-hybridized carbons (Fsp3) is 0.367. The number of likely N-dealkylation sites (tertiary alicyclic amines) is 1. The fourth-order valence-electron chi connectivity index (χ4n) is 5.06. The molecule has 182 valence electrons. The summed E-state index contributed by atoms with van der Waals surface area (Å²) in [4.78, 5) is 4.98. The summed E-state index contributed by atoms with van der Waals surface area (Å²) in [5.74, 6) is 1.66. The summed E-state index contributed by atoms with van der Waals surface area (Å²) in [5, 5.41) is 6.97. The van der Waals surface area contributed by atoms with Gasteiger partial charge in [0, 0.05) is 24.7 Å². The number of aromatic nitrogens is 1. The van der Waals surface area contributed by atoms with E-state index in [-0.39, 0.29) is 0 Å². The molecule has 1 aromatic heterocycles. The molecule has 0 amide bonds. The third-order valence-electron chi connectivity index (χ3n) is 7.04. The summed E-state index contributed by atoms with van der Waals surface area (Å²) < 4.78 is 11.2. The molecule has 1 aliphatic rings. The molecule has 0 saturated carbocycles. The van der Waals surface area contributed by atoms with E-state index in [0.717, 1.165) is 48.9 Å². The quantitative estimate of drug-likeness (QED) is 0.270. The number of hydrogen-bond acceptors (Lipinski definition) is 5. The largest absolute Gasteiger partial charge is 0.497 e. The number of nitrogens with zero attached hydrogens (tertiary/aromatic N) is 3. The molecule has 1 fully saturated rings. The van der Waals surface area contributed by atoms with Gasteiger partial charge in [-0.15, -0.1) is 0 Å². The number of anilines is 1. The number of benzene rings is 3. The molecule has 35 heavy (non-hydrogen) atoms. The Morgan fingerprint density at radius 2 is 1.69 bits per heavy atom. The molecule has 5 heteroatoms. The van der Waals surface area contributed by atoms with Gasteiger partial charge in [-0.3, -0.25) is 0 Å². The highest BCUT2D eigenvalue weighted by molar-refractivity contribution is 5.85. The third-order valence-corrected chi connectivity index (χ3v) is 7.04. The molecule has 3 aromatic carbocycles. The lowest BCUT2D eigenvalue weighted by Crippen LogP contribution is -2.30. The van der Waals surface area contributed by atoms with Crippen molar-refractivity contribution in [1.82, 2.24) is 10.1 Å². The van der Waals surface area contributed by atoms with Crippen molar-refractivity contribution >= 4 is 16.7 Å². The Kier molecular flexibility index (Phi) is 7.64. The lowest BCUT2D eigenvalue weighted by Gasteiger charge is -2.25. The minimum Gasteiger partial charge on any atom is -0.497 e. The van der Waals surface area contributed by atoms with Crippen molar-refractivity contribution in [3.63, 3.8) is 0 Å². The highest BCUT2D eigenvalue weighted by Crippen LogP contribution is 2.28. The summed E-state index contributed by atoms with van der Waals surface area (Å²) in [5.41, 5.74) is 3.17. The van der Waals surface area contributed by atoms with E-state index in [1.165, 1.54) is 55.1 Å². The molecule has 2 heterocycles. The lowest BCUT2D eigenvalue weighted by molar-refractivity contribution is 0.281. The van der Waals surface area contributed by atoms with Crippen LogP contribution >= 0.6 is 0 Å². The molecule has 0 unspecified atom stereocenters. The Morgan fingerprint density at radius 3 is 2.49 bits per heavy atom. The number of hydrogen-bond donors (Lipinski definition) is 0. The predicted molar refractivity (Wildman–Crippen MR) is 143 cm³/mol. The zero-order valence-electron chi connectivity index (χ0n) is 20.7.